The molecule has 2 N–H and O–H groups in total. The van der Waals surface area contributed by atoms with Crippen LogP contribution < -0.4 is 10.2 Å². The third-order valence-electron chi connectivity index (χ3n) is 6.55. The smallest absolute Gasteiger partial charge is 0.270 e. The summed E-state index contributed by atoms with van der Waals surface area (Å²) < 4.78 is 5.86. The zero-order valence-corrected chi connectivity index (χ0v) is 23.1. The molecule has 5 rings (SSSR count). The summed E-state index contributed by atoms with van der Waals surface area (Å²) >= 11 is 6.15. The molecular weight excluding hydrogens is 516 g/mol. The topological polar surface area (TPSA) is 113 Å². The SMILES string of the molecule is C[C@@H]1CN(c2cccc(-c3ccc4cnc(CNC(=O)c5cc(C(C)(C)O)c(Cl)cn5)cc4n3)n2)C[C@H](C)O1. The number of anilines is 1. The molecule has 1 saturated heterocycles. The van der Waals surface area contributed by atoms with Crippen LogP contribution in [0.4, 0.5) is 5.82 Å². The number of nitrogens with zero attached hydrogens (tertiary/aromatic N) is 5. The van der Waals surface area contributed by atoms with Gasteiger partial charge in [-0.15, -0.1) is 0 Å². The number of fused-ring (bicyclic) bond motifs is 1. The van der Waals surface area contributed by atoms with Crippen LogP contribution in [0.5, 0.6) is 0 Å². The lowest BCUT2D eigenvalue weighted by atomic mass is 9.98. The Labute approximate surface area is 232 Å². The summed E-state index contributed by atoms with van der Waals surface area (Å²) in [5.74, 6) is 0.506. The van der Waals surface area contributed by atoms with Crippen molar-refractivity contribution in [2.75, 3.05) is 18.0 Å². The lowest BCUT2D eigenvalue weighted by Crippen LogP contribution is -2.45. The van der Waals surface area contributed by atoms with Gasteiger partial charge < -0.3 is 20.1 Å². The van der Waals surface area contributed by atoms with Gasteiger partial charge in [0.1, 0.15) is 11.5 Å². The number of carbonyl (C=O) groups is 1. The van der Waals surface area contributed by atoms with Crippen molar-refractivity contribution in [2.24, 2.45) is 0 Å². The number of aliphatic hydroxyl groups is 1. The van der Waals surface area contributed by atoms with Crippen molar-refractivity contribution in [3.8, 4) is 11.4 Å². The number of rotatable bonds is 6. The standard InChI is InChI=1S/C29H31ClN6O3/c1-17-15-36(16-18(2)39-17)27-7-5-6-23(35-27)24-9-8-19-12-31-20(10-25(19)34-24)13-33-28(37)26-11-21(29(3,4)38)22(30)14-32-26/h5-12,14,17-18,38H,13,15-16H2,1-4H3,(H,33,37)/t17-,18+. The van der Waals surface area contributed by atoms with Gasteiger partial charge in [-0.25, -0.2) is 15.0 Å². The first-order chi connectivity index (χ1) is 18.6. The molecule has 1 aliphatic rings. The third-order valence-corrected chi connectivity index (χ3v) is 6.85. The van der Waals surface area contributed by atoms with E-state index in [-0.39, 0.29) is 24.4 Å². The molecule has 0 saturated carbocycles. The minimum Gasteiger partial charge on any atom is -0.386 e. The van der Waals surface area contributed by atoms with Crippen LogP contribution >= 0.6 is 11.6 Å². The molecule has 9 nitrogen and oxygen atoms in total. The highest BCUT2D eigenvalue weighted by atomic mass is 35.5. The highest BCUT2D eigenvalue weighted by Crippen LogP contribution is 2.28. The molecule has 4 aromatic rings. The van der Waals surface area contributed by atoms with E-state index in [1.807, 2.05) is 36.4 Å². The molecule has 10 heteroatoms. The van der Waals surface area contributed by atoms with Crippen molar-refractivity contribution in [3.63, 3.8) is 0 Å². The number of hydrogen-bond donors (Lipinski definition) is 2. The van der Waals surface area contributed by atoms with Gasteiger partial charge in [0.2, 0.25) is 0 Å². The summed E-state index contributed by atoms with van der Waals surface area (Å²) in [6.45, 7) is 9.12. The Hall–Kier alpha value is -3.66. The number of ether oxygens (including phenoxy) is 1. The van der Waals surface area contributed by atoms with Crippen LogP contribution in [0.1, 0.15) is 49.4 Å². The fourth-order valence-electron chi connectivity index (χ4n) is 4.70. The molecular formula is C29H31ClN6O3. The van der Waals surface area contributed by atoms with Gasteiger partial charge in [0.05, 0.1) is 52.0 Å². The highest BCUT2D eigenvalue weighted by molar-refractivity contribution is 6.31. The van der Waals surface area contributed by atoms with Crippen molar-refractivity contribution in [3.05, 3.63) is 76.8 Å². The van der Waals surface area contributed by atoms with E-state index in [2.05, 4.69) is 34.0 Å². The fraction of sp³-hybridized carbons (Fsp3) is 0.345. The molecule has 5 heterocycles. The predicted molar refractivity (Wildman–Crippen MR) is 151 cm³/mol. The highest BCUT2D eigenvalue weighted by Gasteiger charge is 2.24. The third kappa shape index (κ3) is 6.16. The second-order valence-corrected chi connectivity index (χ2v) is 10.8. The van der Waals surface area contributed by atoms with Crippen LogP contribution in [-0.2, 0) is 16.9 Å². The molecule has 0 spiro atoms. The Morgan fingerprint density at radius 3 is 2.56 bits per heavy atom. The second-order valence-electron chi connectivity index (χ2n) is 10.4. The van der Waals surface area contributed by atoms with E-state index in [0.717, 1.165) is 41.2 Å². The molecule has 202 valence electrons. The molecule has 2 atom stereocenters. The van der Waals surface area contributed by atoms with E-state index >= 15 is 0 Å². The normalized spacial score (nSPS) is 17.8. The molecule has 0 unspecified atom stereocenters. The lowest BCUT2D eigenvalue weighted by Gasteiger charge is -2.36. The fourth-order valence-corrected chi connectivity index (χ4v) is 5.03. The Kier molecular flexibility index (Phi) is 7.48. The summed E-state index contributed by atoms with van der Waals surface area (Å²) in [5, 5.41) is 14.3. The first kappa shape index (κ1) is 26.9. The predicted octanol–water partition coefficient (Wildman–Crippen LogP) is 4.51. The van der Waals surface area contributed by atoms with Gasteiger partial charge in [-0.1, -0.05) is 17.7 Å². The zero-order chi connectivity index (χ0) is 27.7. The number of nitrogens with one attached hydrogen (secondary N) is 1. The van der Waals surface area contributed by atoms with E-state index in [9.17, 15) is 9.90 Å². The minimum atomic E-state index is -1.20. The Bertz CT molecular complexity index is 1510. The Morgan fingerprint density at radius 1 is 1.08 bits per heavy atom. The van der Waals surface area contributed by atoms with Gasteiger partial charge in [0, 0.05) is 36.4 Å². The Morgan fingerprint density at radius 2 is 1.82 bits per heavy atom. The number of pyridine rings is 4. The molecule has 1 aliphatic heterocycles. The second kappa shape index (κ2) is 10.8. The van der Waals surface area contributed by atoms with E-state index in [4.69, 9.17) is 26.3 Å². The van der Waals surface area contributed by atoms with Crippen LogP contribution in [0.25, 0.3) is 22.3 Å². The van der Waals surface area contributed by atoms with Crippen molar-refractivity contribution in [2.45, 2.75) is 52.0 Å². The first-order valence-electron chi connectivity index (χ1n) is 12.9. The summed E-state index contributed by atoms with van der Waals surface area (Å²) in [5.41, 5.74) is 2.32. The van der Waals surface area contributed by atoms with Gasteiger partial charge in [0.15, 0.2) is 0 Å². The van der Waals surface area contributed by atoms with Gasteiger partial charge in [0.25, 0.3) is 5.91 Å². The van der Waals surface area contributed by atoms with Gasteiger partial charge in [-0.05, 0) is 64.1 Å². The summed E-state index contributed by atoms with van der Waals surface area (Å²) in [4.78, 5) is 33.3. The Balaban J connectivity index is 1.33. The number of amides is 1. The number of aromatic nitrogens is 4. The molecule has 4 aromatic heterocycles. The summed E-state index contributed by atoms with van der Waals surface area (Å²) in [6.07, 6.45) is 3.39. The average molecular weight is 547 g/mol. The van der Waals surface area contributed by atoms with E-state index in [1.54, 1.807) is 20.0 Å². The van der Waals surface area contributed by atoms with E-state index in [1.165, 1.54) is 12.3 Å². The molecule has 0 aliphatic carbocycles. The average Bonchev–Trinajstić information content (AvgIpc) is 2.90. The first-order valence-corrected chi connectivity index (χ1v) is 13.2. The molecule has 1 amide bonds. The van der Waals surface area contributed by atoms with Crippen molar-refractivity contribution < 1.29 is 14.6 Å². The molecule has 0 aromatic carbocycles. The minimum absolute atomic E-state index is 0.142. The summed E-state index contributed by atoms with van der Waals surface area (Å²) in [6, 6.07) is 13.2. The number of carbonyl (C=O) groups excluding carboxylic acids is 1. The van der Waals surface area contributed by atoms with Crippen molar-refractivity contribution >= 4 is 34.2 Å². The van der Waals surface area contributed by atoms with E-state index < -0.39 is 11.5 Å². The molecule has 0 bridgehead atoms. The van der Waals surface area contributed by atoms with Crippen LogP contribution in [0.15, 0.2) is 54.9 Å². The van der Waals surface area contributed by atoms with Gasteiger partial charge >= 0.3 is 0 Å². The quantitative estimate of drug-likeness (QED) is 0.363. The zero-order valence-electron chi connectivity index (χ0n) is 22.3. The molecule has 0 radical (unpaired) electrons. The molecule has 39 heavy (non-hydrogen) atoms. The van der Waals surface area contributed by atoms with E-state index in [0.29, 0.717) is 16.3 Å². The maximum Gasteiger partial charge on any atom is 0.270 e. The number of halogens is 1. The maximum absolute atomic E-state index is 12.8. The van der Waals surface area contributed by atoms with Crippen molar-refractivity contribution in [1.29, 1.82) is 0 Å². The largest absolute Gasteiger partial charge is 0.386 e. The molecule has 1 fully saturated rings. The van der Waals surface area contributed by atoms with Gasteiger partial charge in [-0.3, -0.25) is 9.78 Å². The van der Waals surface area contributed by atoms with Crippen LogP contribution in [-0.4, -0.2) is 56.2 Å². The number of hydrogen-bond acceptors (Lipinski definition) is 8. The number of morpholine rings is 1. The van der Waals surface area contributed by atoms with Crippen LogP contribution in [0, 0.1) is 0 Å². The van der Waals surface area contributed by atoms with Crippen LogP contribution in [0.3, 0.4) is 0 Å². The van der Waals surface area contributed by atoms with Crippen molar-refractivity contribution in [1.82, 2.24) is 25.3 Å². The maximum atomic E-state index is 12.8. The summed E-state index contributed by atoms with van der Waals surface area (Å²) in [7, 11) is 0. The van der Waals surface area contributed by atoms with Crippen LogP contribution in [0.2, 0.25) is 5.02 Å². The van der Waals surface area contributed by atoms with Gasteiger partial charge in [-0.2, -0.15) is 0 Å². The monoisotopic (exact) mass is 546 g/mol. The lowest BCUT2D eigenvalue weighted by molar-refractivity contribution is -0.00545.